The lowest BCUT2D eigenvalue weighted by Crippen LogP contribution is -2.16. The zero-order valence-electron chi connectivity index (χ0n) is 10.2. The smallest absolute Gasteiger partial charge is 0.312 e. The maximum Gasteiger partial charge on any atom is 0.312 e. The minimum absolute atomic E-state index is 0.225. The topological polar surface area (TPSA) is 50.2 Å². The van der Waals surface area contributed by atoms with Gasteiger partial charge >= 0.3 is 5.97 Å². The minimum atomic E-state index is -0.996. The van der Waals surface area contributed by atoms with Gasteiger partial charge in [0, 0.05) is 10.7 Å². The van der Waals surface area contributed by atoms with Crippen molar-refractivity contribution in [2.24, 2.45) is 0 Å². The highest BCUT2D eigenvalue weighted by Gasteiger charge is 2.24. The Morgan fingerprint density at radius 1 is 1.40 bits per heavy atom. The van der Waals surface area contributed by atoms with E-state index in [9.17, 15) is 14.3 Å². The molecule has 0 amide bonds. The van der Waals surface area contributed by atoms with E-state index in [1.54, 1.807) is 18.2 Å². The van der Waals surface area contributed by atoms with Crippen molar-refractivity contribution in [2.75, 3.05) is 0 Å². The molecule has 0 radical (unpaired) electrons. The average molecular weight is 359 g/mol. The van der Waals surface area contributed by atoms with Crippen LogP contribution in [0.15, 0.2) is 41.0 Å². The molecular weight excluding hydrogens is 349 g/mol. The van der Waals surface area contributed by atoms with Crippen molar-refractivity contribution in [3.8, 4) is 0 Å². The fraction of sp³-hybridized carbons (Fsp3) is 0.143. The van der Waals surface area contributed by atoms with Gasteiger partial charge in [-0.15, -0.1) is 0 Å². The second-order valence-electron chi connectivity index (χ2n) is 4.24. The van der Waals surface area contributed by atoms with Crippen LogP contribution < -0.4 is 0 Å². The van der Waals surface area contributed by atoms with Crippen LogP contribution in [0.4, 0.5) is 4.39 Å². The summed E-state index contributed by atoms with van der Waals surface area (Å²) in [5, 5.41) is 9.79. The molecule has 1 N–H and O–H groups in total. The van der Waals surface area contributed by atoms with Crippen molar-refractivity contribution in [1.29, 1.82) is 0 Å². The quantitative estimate of drug-likeness (QED) is 0.897. The standard InChI is InChI=1S/C14H10BrClFNO2/c15-12-6-9(16)7-18-13(12)11(14(19)20)5-8-1-3-10(17)4-2-8/h1-4,6-7,11H,5H2,(H,19,20). The maximum atomic E-state index is 12.9. The van der Waals surface area contributed by atoms with Crippen molar-refractivity contribution in [1.82, 2.24) is 4.98 Å². The van der Waals surface area contributed by atoms with Crippen molar-refractivity contribution >= 4 is 33.5 Å². The monoisotopic (exact) mass is 357 g/mol. The summed E-state index contributed by atoms with van der Waals surface area (Å²) in [6.07, 6.45) is 1.63. The first-order valence-corrected chi connectivity index (χ1v) is 6.92. The molecule has 104 valence electrons. The molecule has 1 aromatic carbocycles. The molecule has 0 aliphatic rings. The number of carboxylic acids is 1. The summed E-state index contributed by atoms with van der Waals surface area (Å²) in [6, 6.07) is 7.34. The van der Waals surface area contributed by atoms with E-state index in [0.29, 0.717) is 15.2 Å². The molecule has 2 rings (SSSR count). The Morgan fingerprint density at radius 2 is 2.05 bits per heavy atom. The molecule has 2 aromatic rings. The lowest BCUT2D eigenvalue weighted by Gasteiger charge is -2.13. The molecule has 0 aliphatic heterocycles. The molecule has 6 heteroatoms. The van der Waals surface area contributed by atoms with Gasteiger partial charge in [0.1, 0.15) is 11.7 Å². The first-order valence-electron chi connectivity index (χ1n) is 5.75. The second-order valence-corrected chi connectivity index (χ2v) is 5.53. The van der Waals surface area contributed by atoms with Gasteiger partial charge in [-0.3, -0.25) is 9.78 Å². The fourth-order valence-electron chi connectivity index (χ4n) is 1.84. The molecule has 1 heterocycles. The highest BCUT2D eigenvalue weighted by molar-refractivity contribution is 9.10. The molecule has 0 aliphatic carbocycles. The van der Waals surface area contributed by atoms with E-state index in [0.717, 1.165) is 5.56 Å². The summed E-state index contributed by atoms with van der Waals surface area (Å²) in [5.41, 5.74) is 1.12. The lowest BCUT2D eigenvalue weighted by molar-refractivity contribution is -0.138. The molecule has 0 bridgehead atoms. The number of hydrogen-bond acceptors (Lipinski definition) is 2. The normalized spacial score (nSPS) is 12.2. The number of nitrogens with zero attached hydrogens (tertiary/aromatic N) is 1. The highest BCUT2D eigenvalue weighted by atomic mass is 79.9. The number of carboxylic acid groups (broad SMARTS) is 1. The Labute approximate surface area is 128 Å². The van der Waals surface area contributed by atoms with Crippen molar-refractivity contribution in [3.63, 3.8) is 0 Å². The highest BCUT2D eigenvalue weighted by Crippen LogP contribution is 2.28. The Bertz CT molecular complexity index is 634. The predicted octanol–water partition coefficient (Wildman–Crippen LogP) is 4.05. The number of halogens is 3. The average Bonchev–Trinajstić information content (AvgIpc) is 2.39. The summed E-state index contributed by atoms with van der Waals surface area (Å²) in [5.74, 6) is -2.18. The van der Waals surface area contributed by atoms with E-state index in [-0.39, 0.29) is 12.2 Å². The van der Waals surface area contributed by atoms with Gasteiger partial charge in [-0.05, 0) is 46.1 Å². The molecule has 0 spiro atoms. The van der Waals surface area contributed by atoms with Crippen LogP contribution in [-0.4, -0.2) is 16.1 Å². The minimum Gasteiger partial charge on any atom is -0.481 e. The Morgan fingerprint density at radius 3 is 2.60 bits per heavy atom. The zero-order valence-corrected chi connectivity index (χ0v) is 12.5. The summed E-state index contributed by atoms with van der Waals surface area (Å²) in [4.78, 5) is 15.5. The largest absolute Gasteiger partial charge is 0.481 e. The van der Waals surface area contributed by atoms with Gasteiger partial charge in [-0.25, -0.2) is 4.39 Å². The second kappa shape index (κ2) is 6.33. The van der Waals surface area contributed by atoms with E-state index in [1.807, 2.05) is 0 Å². The van der Waals surface area contributed by atoms with E-state index >= 15 is 0 Å². The Balaban J connectivity index is 2.31. The maximum absolute atomic E-state index is 12.9. The number of aliphatic carboxylic acids is 1. The number of rotatable bonds is 4. The van der Waals surface area contributed by atoms with Crippen LogP contribution in [0.3, 0.4) is 0 Å². The molecule has 1 aromatic heterocycles. The molecule has 0 saturated carbocycles. The van der Waals surface area contributed by atoms with Crippen LogP contribution in [0.1, 0.15) is 17.2 Å². The molecular formula is C14H10BrClFNO2. The number of carbonyl (C=O) groups is 1. The van der Waals surface area contributed by atoms with E-state index in [4.69, 9.17) is 11.6 Å². The summed E-state index contributed by atoms with van der Waals surface area (Å²) in [7, 11) is 0. The van der Waals surface area contributed by atoms with Crippen LogP contribution in [-0.2, 0) is 11.2 Å². The van der Waals surface area contributed by atoms with Crippen LogP contribution in [0.5, 0.6) is 0 Å². The Kier molecular flexibility index (Phi) is 4.73. The number of benzene rings is 1. The van der Waals surface area contributed by atoms with Gasteiger partial charge in [0.15, 0.2) is 0 Å². The molecule has 3 nitrogen and oxygen atoms in total. The number of hydrogen-bond donors (Lipinski definition) is 1. The summed E-state index contributed by atoms with van der Waals surface area (Å²) in [6.45, 7) is 0. The summed E-state index contributed by atoms with van der Waals surface area (Å²) >= 11 is 9.07. The van der Waals surface area contributed by atoms with Crippen LogP contribution >= 0.6 is 27.5 Å². The molecule has 20 heavy (non-hydrogen) atoms. The van der Waals surface area contributed by atoms with Crippen molar-refractivity contribution < 1.29 is 14.3 Å². The van der Waals surface area contributed by atoms with E-state index in [1.165, 1.54) is 18.3 Å². The SMILES string of the molecule is O=C(O)C(Cc1ccc(F)cc1)c1ncc(Cl)cc1Br. The van der Waals surface area contributed by atoms with Gasteiger partial charge in [0.05, 0.1) is 10.7 Å². The first kappa shape index (κ1) is 14.9. The third kappa shape index (κ3) is 3.55. The van der Waals surface area contributed by atoms with Gasteiger partial charge in [-0.1, -0.05) is 23.7 Å². The van der Waals surface area contributed by atoms with Gasteiger partial charge < -0.3 is 5.11 Å². The molecule has 1 unspecified atom stereocenters. The van der Waals surface area contributed by atoms with Gasteiger partial charge in [-0.2, -0.15) is 0 Å². The first-order chi connectivity index (χ1) is 9.47. The van der Waals surface area contributed by atoms with Gasteiger partial charge in [0.2, 0.25) is 0 Å². The van der Waals surface area contributed by atoms with E-state index in [2.05, 4.69) is 20.9 Å². The van der Waals surface area contributed by atoms with Gasteiger partial charge in [0.25, 0.3) is 0 Å². The Hall–Kier alpha value is -1.46. The molecule has 1 atom stereocenters. The summed E-state index contributed by atoms with van der Waals surface area (Å²) < 4.78 is 13.4. The zero-order chi connectivity index (χ0) is 14.7. The number of pyridine rings is 1. The third-order valence-corrected chi connectivity index (χ3v) is 3.66. The number of aromatic nitrogens is 1. The third-order valence-electron chi connectivity index (χ3n) is 2.82. The van der Waals surface area contributed by atoms with Crippen molar-refractivity contribution in [3.05, 3.63) is 63.1 Å². The fourth-order valence-corrected chi connectivity index (χ4v) is 2.75. The molecule has 0 saturated heterocycles. The van der Waals surface area contributed by atoms with Crippen molar-refractivity contribution in [2.45, 2.75) is 12.3 Å². The van der Waals surface area contributed by atoms with Crippen LogP contribution in [0, 0.1) is 5.82 Å². The predicted molar refractivity (Wildman–Crippen MR) is 77.4 cm³/mol. The molecule has 0 fully saturated rings. The van der Waals surface area contributed by atoms with E-state index < -0.39 is 11.9 Å². The van der Waals surface area contributed by atoms with Crippen LogP contribution in [0.25, 0.3) is 0 Å². The van der Waals surface area contributed by atoms with Crippen LogP contribution in [0.2, 0.25) is 5.02 Å². The lowest BCUT2D eigenvalue weighted by atomic mass is 9.96.